The minimum atomic E-state index is -1.83. The Morgan fingerprint density at radius 3 is 2.25 bits per heavy atom. The van der Waals surface area contributed by atoms with Crippen LogP contribution in [0.3, 0.4) is 0 Å². The number of H-pyrrole nitrogens is 1. The van der Waals surface area contributed by atoms with Gasteiger partial charge in [0.2, 0.25) is 0 Å². The predicted octanol–water partition coefficient (Wildman–Crippen LogP) is 0.646. The van der Waals surface area contributed by atoms with Gasteiger partial charge < -0.3 is 15.2 Å². The van der Waals surface area contributed by atoms with Gasteiger partial charge in [-0.15, -0.1) is 0 Å². The predicted molar refractivity (Wildman–Crippen MR) is 40.5 cm³/mol. The maximum atomic E-state index is 10.3. The molecule has 6 nitrogen and oxygen atoms in total. The first-order valence-corrected chi connectivity index (χ1v) is 3.02. The fraction of sp³-hybridized carbons (Fsp3) is 0. The summed E-state index contributed by atoms with van der Waals surface area (Å²) in [5, 5.41) is 14.2. The quantitative estimate of drug-likeness (QED) is 0.560. The molecule has 0 amide bonds. The number of hydrogen-bond donors (Lipinski definition) is 3. The largest absolute Gasteiger partial charge is 0.503 e. The van der Waals surface area contributed by atoms with Gasteiger partial charge in [-0.25, -0.2) is 4.79 Å². The van der Waals surface area contributed by atoms with Crippen LogP contribution in [0.4, 0.5) is 4.79 Å². The van der Waals surface area contributed by atoms with Crippen molar-refractivity contribution in [2.45, 2.75) is 0 Å². The summed E-state index contributed by atoms with van der Waals surface area (Å²) in [6.07, 6.45) is 0.689. The van der Waals surface area contributed by atoms with E-state index < -0.39 is 6.16 Å². The third-order valence-corrected chi connectivity index (χ3v) is 0.814. The van der Waals surface area contributed by atoms with Crippen LogP contribution in [0, 0.1) is 0 Å². The second-order valence-electron chi connectivity index (χ2n) is 1.53. The van der Waals surface area contributed by atoms with Crippen LogP contribution in [0.2, 0.25) is 5.15 Å². The molecule has 1 rings (SSSR count). The van der Waals surface area contributed by atoms with Crippen LogP contribution in [-0.4, -0.2) is 26.3 Å². The Morgan fingerprint density at radius 1 is 1.50 bits per heavy atom. The highest BCUT2D eigenvalue weighted by Crippen LogP contribution is 1.92. The molecule has 3 N–H and O–H groups in total. The first kappa shape index (κ1) is 10.4. The zero-order valence-electron chi connectivity index (χ0n) is 5.69. The highest BCUT2D eigenvalue weighted by atomic mass is 35.5. The Labute approximate surface area is 71.5 Å². The molecule has 0 saturated carbocycles. The molecule has 0 fully saturated rings. The first-order chi connectivity index (χ1) is 5.52. The summed E-state index contributed by atoms with van der Waals surface area (Å²) in [5.41, 5.74) is -0.280. The molecule has 0 radical (unpaired) electrons. The topological polar surface area (TPSA) is 103 Å². The van der Waals surface area contributed by atoms with Crippen LogP contribution in [0.1, 0.15) is 0 Å². The summed E-state index contributed by atoms with van der Waals surface area (Å²) in [5.74, 6) is 0. The number of carbonyl (C=O) groups is 1. The van der Waals surface area contributed by atoms with Crippen molar-refractivity contribution in [2.24, 2.45) is 0 Å². The van der Waals surface area contributed by atoms with Gasteiger partial charge >= 0.3 is 6.16 Å². The van der Waals surface area contributed by atoms with E-state index in [1.165, 1.54) is 6.20 Å². The summed E-state index contributed by atoms with van der Waals surface area (Å²) in [6.45, 7) is 0. The van der Waals surface area contributed by atoms with E-state index >= 15 is 0 Å². The van der Waals surface area contributed by atoms with Crippen LogP contribution >= 0.6 is 11.6 Å². The van der Waals surface area contributed by atoms with Crippen molar-refractivity contribution in [3.63, 3.8) is 0 Å². The highest BCUT2D eigenvalue weighted by Gasteiger charge is 1.82. The lowest BCUT2D eigenvalue weighted by Crippen LogP contribution is -2.03. The van der Waals surface area contributed by atoms with E-state index in [9.17, 15) is 4.79 Å². The molecule has 1 aromatic heterocycles. The van der Waals surface area contributed by atoms with E-state index in [1.54, 1.807) is 0 Å². The van der Waals surface area contributed by atoms with Gasteiger partial charge in [-0.3, -0.25) is 9.78 Å². The first-order valence-electron chi connectivity index (χ1n) is 2.64. The van der Waals surface area contributed by atoms with Crippen molar-refractivity contribution in [3.05, 3.63) is 27.9 Å². The smallest absolute Gasteiger partial charge is 0.450 e. The maximum absolute atomic E-state index is 10.3. The zero-order chi connectivity index (χ0) is 9.56. The molecule has 0 saturated heterocycles. The van der Waals surface area contributed by atoms with E-state index in [0.717, 1.165) is 6.20 Å². The lowest BCUT2D eigenvalue weighted by Gasteiger charge is -1.81. The zero-order valence-corrected chi connectivity index (χ0v) is 6.45. The molecule has 0 aliphatic carbocycles. The van der Waals surface area contributed by atoms with Crippen LogP contribution < -0.4 is 5.56 Å². The van der Waals surface area contributed by atoms with Crippen molar-refractivity contribution in [1.82, 2.24) is 9.97 Å². The van der Waals surface area contributed by atoms with Crippen LogP contribution in [0.25, 0.3) is 0 Å². The van der Waals surface area contributed by atoms with E-state index in [0.29, 0.717) is 0 Å². The average Bonchev–Trinajstić information content (AvgIpc) is 1.84. The van der Waals surface area contributed by atoms with Crippen LogP contribution in [-0.2, 0) is 0 Å². The summed E-state index contributed by atoms with van der Waals surface area (Å²) in [4.78, 5) is 24.7. The fourth-order valence-electron chi connectivity index (χ4n) is 0.353. The number of hydrogen-bond acceptors (Lipinski definition) is 3. The van der Waals surface area contributed by atoms with Crippen LogP contribution in [0.5, 0.6) is 0 Å². The van der Waals surface area contributed by atoms with Crippen LogP contribution in [0.15, 0.2) is 17.2 Å². The molecular formula is C5H5ClN2O4. The van der Waals surface area contributed by atoms with Gasteiger partial charge in [-0.05, 0) is 0 Å². The number of rotatable bonds is 0. The summed E-state index contributed by atoms with van der Waals surface area (Å²) < 4.78 is 0. The number of aromatic amines is 1. The van der Waals surface area contributed by atoms with Gasteiger partial charge in [0, 0.05) is 0 Å². The Balaban J connectivity index is 0.000000261. The van der Waals surface area contributed by atoms with Gasteiger partial charge in [0.25, 0.3) is 5.56 Å². The highest BCUT2D eigenvalue weighted by molar-refractivity contribution is 6.29. The maximum Gasteiger partial charge on any atom is 0.503 e. The molecule has 0 atom stereocenters. The molecule has 0 aliphatic rings. The number of nitrogens with one attached hydrogen (secondary N) is 1. The lowest BCUT2D eigenvalue weighted by atomic mass is 10.8. The lowest BCUT2D eigenvalue weighted by molar-refractivity contribution is 0.137. The van der Waals surface area contributed by atoms with Gasteiger partial charge in [0.15, 0.2) is 0 Å². The Bertz CT molecular complexity index is 306. The minimum Gasteiger partial charge on any atom is -0.450 e. The van der Waals surface area contributed by atoms with Gasteiger partial charge in [0.1, 0.15) is 5.15 Å². The third kappa shape index (κ3) is 6.56. The number of nitrogens with zero attached hydrogens (tertiary/aromatic N) is 1. The molecule has 0 aromatic carbocycles. The van der Waals surface area contributed by atoms with E-state index in [1.807, 2.05) is 0 Å². The second kappa shape index (κ2) is 5.14. The monoisotopic (exact) mass is 192 g/mol. The molecule has 1 heterocycles. The fourth-order valence-corrected chi connectivity index (χ4v) is 0.502. The molecule has 0 aliphatic heterocycles. The SMILES string of the molecule is O=C(O)O.O=c1cncc(Cl)[nH]1. The molecular weight excluding hydrogens is 188 g/mol. The normalized spacial score (nSPS) is 8.08. The molecule has 0 unspecified atom stereocenters. The second-order valence-corrected chi connectivity index (χ2v) is 1.93. The summed E-state index contributed by atoms with van der Waals surface area (Å²) in [7, 11) is 0. The van der Waals surface area contributed by atoms with Crippen molar-refractivity contribution >= 4 is 17.8 Å². The van der Waals surface area contributed by atoms with Crippen molar-refractivity contribution in [1.29, 1.82) is 0 Å². The number of halogens is 1. The molecule has 66 valence electrons. The molecule has 7 heteroatoms. The van der Waals surface area contributed by atoms with E-state index in [-0.39, 0.29) is 10.7 Å². The standard InChI is InChI=1S/C4H3ClN2O.CH2O3/c5-3-1-6-2-4(8)7-3;2-1(3)4/h1-2H,(H,7,8);(H2,2,3,4). The van der Waals surface area contributed by atoms with Gasteiger partial charge in [-0.1, -0.05) is 11.6 Å². The van der Waals surface area contributed by atoms with Crippen molar-refractivity contribution < 1.29 is 15.0 Å². The molecule has 0 bridgehead atoms. The number of aromatic nitrogens is 2. The minimum absolute atomic E-state index is 0.262. The van der Waals surface area contributed by atoms with Gasteiger partial charge in [0.05, 0.1) is 12.4 Å². The van der Waals surface area contributed by atoms with E-state index in [2.05, 4.69) is 9.97 Å². The summed E-state index contributed by atoms with van der Waals surface area (Å²) >= 11 is 5.33. The van der Waals surface area contributed by atoms with E-state index in [4.69, 9.17) is 26.6 Å². The molecule has 0 spiro atoms. The Hall–Kier alpha value is -1.56. The van der Waals surface area contributed by atoms with Gasteiger partial charge in [-0.2, -0.15) is 0 Å². The summed E-state index contributed by atoms with van der Waals surface area (Å²) in [6, 6.07) is 0. The Morgan fingerprint density at radius 2 is 2.00 bits per heavy atom. The van der Waals surface area contributed by atoms with Crippen molar-refractivity contribution in [3.8, 4) is 0 Å². The third-order valence-electron chi connectivity index (χ3n) is 0.622. The Kier molecular flexibility index (Phi) is 4.47. The average molecular weight is 193 g/mol. The molecule has 12 heavy (non-hydrogen) atoms. The number of carboxylic acid groups (broad SMARTS) is 2. The molecule has 1 aromatic rings. The van der Waals surface area contributed by atoms with Crippen molar-refractivity contribution in [2.75, 3.05) is 0 Å².